The summed E-state index contributed by atoms with van der Waals surface area (Å²) in [6.45, 7) is 5.13. The zero-order valence-corrected chi connectivity index (χ0v) is 16.4. The molecule has 0 saturated carbocycles. The van der Waals surface area contributed by atoms with E-state index >= 15 is 0 Å². The fourth-order valence-corrected chi connectivity index (χ4v) is 4.98. The number of rotatable bonds is 5. The van der Waals surface area contributed by atoms with Gasteiger partial charge in [0.1, 0.15) is 5.01 Å². The van der Waals surface area contributed by atoms with Crippen molar-refractivity contribution in [2.45, 2.75) is 43.9 Å². The van der Waals surface area contributed by atoms with Crippen LogP contribution in [0.4, 0.5) is 5.13 Å². The summed E-state index contributed by atoms with van der Waals surface area (Å²) in [4.78, 5) is 12.5. The summed E-state index contributed by atoms with van der Waals surface area (Å²) < 4.78 is 26.8. The number of carbonyl (C=O) groups excluding carboxylic acids is 1. The van der Waals surface area contributed by atoms with E-state index in [0.29, 0.717) is 23.8 Å². The van der Waals surface area contributed by atoms with E-state index in [2.05, 4.69) is 15.5 Å². The van der Waals surface area contributed by atoms with Crippen molar-refractivity contribution in [3.8, 4) is 0 Å². The largest absolute Gasteiger partial charge is 0.296 e. The van der Waals surface area contributed by atoms with Gasteiger partial charge in [0, 0.05) is 24.6 Å². The summed E-state index contributed by atoms with van der Waals surface area (Å²) in [5.74, 6) is -0.0872. The third kappa shape index (κ3) is 4.11. The number of nitrogens with one attached hydrogen (secondary N) is 1. The second-order valence-electron chi connectivity index (χ2n) is 6.54. The van der Waals surface area contributed by atoms with Crippen LogP contribution >= 0.6 is 11.3 Å². The maximum atomic E-state index is 12.6. The Hall–Kier alpha value is -1.84. The minimum Gasteiger partial charge on any atom is -0.296 e. The van der Waals surface area contributed by atoms with Crippen LogP contribution in [0.2, 0.25) is 0 Å². The third-order valence-electron chi connectivity index (χ3n) is 4.22. The molecule has 0 unspecified atom stereocenters. The van der Waals surface area contributed by atoms with E-state index in [1.807, 2.05) is 13.8 Å². The Kier molecular flexibility index (Phi) is 5.69. The lowest BCUT2D eigenvalue weighted by Gasteiger charge is -2.25. The van der Waals surface area contributed by atoms with E-state index in [9.17, 15) is 13.2 Å². The Morgan fingerprint density at radius 2 is 1.77 bits per heavy atom. The molecule has 0 atom stereocenters. The standard InChI is InChI=1S/C17H22N4O3S2/c1-12(2)16-19-20-17(25-16)18-15(22)13-6-8-14(9-7-13)26(23,24)21-10-4-3-5-11-21/h6-9,12H,3-5,10-11H2,1-2H3,(H,18,20,22). The van der Waals surface area contributed by atoms with Gasteiger partial charge in [-0.05, 0) is 37.1 Å². The molecule has 1 aliphatic rings. The van der Waals surface area contributed by atoms with Gasteiger partial charge in [0.25, 0.3) is 5.91 Å². The molecule has 3 rings (SSSR count). The molecule has 1 aliphatic heterocycles. The Labute approximate surface area is 157 Å². The number of hydrogen-bond donors (Lipinski definition) is 1. The summed E-state index contributed by atoms with van der Waals surface area (Å²) in [6.07, 6.45) is 2.84. The molecule has 0 radical (unpaired) electrons. The van der Waals surface area contributed by atoms with Crippen LogP contribution in [0.25, 0.3) is 0 Å². The van der Waals surface area contributed by atoms with Gasteiger partial charge in [0.15, 0.2) is 0 Å². The van der Waals surface area contributed by atoms with Crippen molar-refractivity contribution < 1.29 is 13.2 Å². The molecular formula is C17H22N4O3S2. The first-order chi connectivity index (χ1) is 12.4. The van der Waals surface area contributed by atoms with Gasteiger partial charge < -0.3 is 0 Å². The first-order valence-electron chi connectivity index (χ1n) is 8.63. The van der Waals surface area contributed by atoms with E-state index in [4.69, 9.17) is 0 Å². The maximum Gasteiger partial charge on any atom is 0.257 e. The molecule has 0 aliphatic carbocycles. The minimum atomic E-state index is -3.49. The van der Waals surface area contributed by atoms with Crippen LogP contribution in [0.5, 0.6) is 0 Å². The van der Waals surface area contributed by atoms with E-state index in [-0.39, 0.29) is 16.7 Å². The van der Waals surface area contributed by atoms with Gasteiger partial charge in [-0.3, -0.25) is 10.1 Å². The number of piperidine rings is 1. The number of sulfonamides is 1. The number of benzene rings is 1. The topological polar surface area (TPSA) is 92.3 Å². The van der Waals surface area contributed by atoms with Crippen LogP contribution in [0.15, 0.2) is 29.2 Å². The number of anilines is 1. The number of hydrogen-bond acceptors (Lipinski definition) is 6. The van der Waals surface area contributed by atoms with Crippen LogP contribution in [-0.2, 0) is 10.0 Å². The van der Waals surface area contributed by atoms with Gasteiger partial charge in [0.2, 0.25) is 15.2 Å². The lowest BCUT2D eigenvalue weighted by atomic mass is 10.2. The lowest BCUT2D eigenvalue weighted by molar-refractivity contribution is 0.102. The Bertz CT molecular complexity index is 870. The van der Waals surface area contributed by atoms with Crippen molar-refractivity contribution in [1.82, 2.24) is 14.5 Å². The Morgan fingerprint density at radius 3 is 2.35 bits per heavy atom. The van der Waals surface area contributed by atoms with Crippen molar-refractivity contribution in [1.29, 1.82) is 0 Å². The molecule has 1 fully saturated rings. The lowest BCUT2D eigenvalue weighted by Crippen LogP contribution is -2.35. The van der Waals surface area contributed by atoms with Crippen LogP contribution in [0.3, 0.4) is 0 Å². The van der Waals surface area contributed by atoms with Gasteiger partial charge in [-0.1, -0.05) is 31.6 Å². The maximum absolute atomic E-state index is 12.6. The molecule has 1 saturated heterocycles. The van der Waals surface area contributed by atoms with Crippen LogP contribution < -0.4 is 5.32 Å². The van der Waals surface area contributed by atoms with E-state index in [0.717, 1.165) is 24.3 Å². The molecule has 26 heavy (non-hydrogen) atoms. The quantitative estimate of drug-likeness (QED) is 0.841. The molecule has 1 amide bonds. The predicted molar refractivity (Wildman–Crippen MR) is 101 cm³/mol. The number of aromatic nitrogens is 2. The van der Waals surface area contributed by atoms with Crippen LogP contribution in [0.1, 0.15) is 54.4 Å². The van der Waals surface area contributed by atoms with Gasteiger partial charge in [-0.15, -0.1) is 10.2 Å². The highest BCUT2D eigenvalue weighted by Gasteiger charge is 2.26. The van der Waals surface area contributed by atoms with Crippen molar-refractivity contribution in [3.63, 3.8) is 0 Å². The highest BCUT2D eigenvalue weighted by molar-refractivity contribution is 7.89. The smallest absolute Gasteiger partial charge is 0.257 e. The fraction of sp³-hybridized carbons (Fsp3) is 0.471. The average molecular weight is 395 g/mol. The molecule has 1 N–H and O–H groups in total. The van der Waals surface area contributed by atoms with Gasteiger partial charge >= 0.3 is 0 Å². The van der Waals surface area contributed by atoms with Crippen molar-refractivity contribution in [2.24, 2.45) is 0 Å². The normalized spacial score (nSPS) is 16.0. The third-order valence-corrected chi connectivity index (χ3v) is 7.28. The SMILES string of the molecule is CC(C)c1nnc(NC(=O)c2ccc(S(=O)(=O)N3CCCCC3)cc2)s1. The van der Waals surface area contributed by atoms with E-state index in [1.54, 1.807) is 0 Å². The molecule has 1 aromatic heterocycles. The molecule has 2 aromatic rings. The first kappa shape index (κ1) is 18.9. The molecule has 7 nitrogen and oxygen atoms in total. The number of nitrogens with zero attached hydrogens (tertiary/aromatic N) is 3. The van der Waals surface area contributed by atoms with Crippen molar-refractivity contribution >= 4 is 32.4 Å². The second-order valence-corrected chi connectivity index (χ2v) is 9.49. The molecule has 140 valence electrons. The van der Waals surface area contributed by atoms with E-state index < -0.39 is 10.0 Å². The molecule has 9 heteroatoms. The van der Waals surface area contributed by atoms with Gasteiger partial charge in [-0.25, -0.2) is 8.42 Å². The fourth-order valence-electron chi connectivity index (χ4n) is 2.72. The number of amides is 1. The Balaban J connectivity index is 1.71. The van der Waals surface area contributed by atoms with E-state index in [1.165, 1.54) is 39.9 Å². The molecule has 0 spiro atoms. The van der Waals surface area contributed by atoms with Crippen molar-refractivity contribution in [2.75, 3.05) is 18.4 Å². The second kappa shape index (κ2) is 7.81. The van der Waals surface area contributed by atoms with Crippen LogP contribution in [-0.4, -0.2) is 41.9 Å². The van der Waals surface area contributed by atoms with Crippen molar-refractivity contribution in [3.05, 3.63) is 34.8 Å². The zero-order chi connectivity index (χ0) is 18.7. The van der Waals surface area contributed by atoms with Gasteiger partial charge in [0.05, 0.1) is 4.90 Å². The summed E-state index contributed by atoms with van der Waals surface area (Å²) >= 11 is 1.33. The highest BCUT2D eigenvalue weighted by atomic mass is 32.2. The minimum absolute atomic E-state index is 0.217. The first-order valence-corrected chi connectivity index (χ1v) is 10.9. The summed E-state index contributed by atoms with van der Waals surface area (Å²) in [5, 5.41) is 12.0. The monoisotopic (exact) mass is 394 g/mol. The molecule has 0 bridgehead atoms. The molecule has 2 heterocycles. The predicted octanol–water partition coefficient (Wildman–Crippen LogP) is 3.09. The summed E-state index contributed by atoms with van der Waals surface area (Å²) in [7, 11) is -3.49. The molecular weight excluding hydrogens is 372 g/mol. The number of carbonyl (C=O) groups is 1. The Morgan fingerprint density at radius 1 is 1.12 bits per heavy atom. The van der Waals surface area contributed by atoms with Crippen LogP contribution in [0, 0.1) is 0 Å². The summed E-state index contributed by atoms with van der Waals surface area (Å²) in [6, 6.07) is 6.02. The zero-order valence-electron chi connectivity index (χ0n) is 14.8. The highest BCUT2D eigenvalue weighted by Crippen LogP contribution is 2.24. The summed E-state index contributed by atoms with van der Waals surface area (Å²) in [5.41, 5.74) is 0.379. The van der Waals surface area contributed by atoms with Gasteiger partial charge in [-0.2, -0.15) is 4.31 Å². The average Bonchev–Trinajstić information content (AvgIpc) is 3.11. The molecule has 1 aromatic carbocycles.